The number of hydrogen-bond acceptors (Lipinski definition) is 3. The van der Waals surface area contributed by atoms with Gasteiger partial charge in [-0.05, 0) is 13.0 Å². The van der Waals surface area contributed by atoms with Gasteiger partial charge in [-0.3, -0.25) is 4.79 Å². The first-order valence-electron chi connectivity index (χ1n) is 2.83. The second-order valence-corrected chi connectivity index (χ2v) is 2.48. The predicted octanol–water partition coefficient (Wildman–Crippen LogP) is -1.25. The fourth-order valence-electron chi connectivity index (χ4n) is 0.904. The van der Waals surface area contributed by atoms with Crippen molar-refractivity contribution in [3.8, 4) is 0 Å². The van der Waals surface area contributed by atoms with Crippen LogP contribution in [0.25, 0.3) is 0 Å². The smallest absolute Gasteiger partial charge is 0.324 e. The molecule has 2 atom stereocenters. The third-order valence-electron chi connectivity index (χ3n) is 1.84. The van der Waals surface area contributed by atoms with E-state index in [2.05, 4.69) is 0 Å². The number of carboxylic acid groups (broad SMARTS) is 1. The van der Waals surface area contributed by atoms with Crippen LogP contribution < -0.4 is 11.5 Å². The Morgan fingerprint density at radius 1 is 1.89 bits per heavy atom. The molecule has 1 rings (SSSR count). The molecule has 0 unspecified atom stereocenters. The van der Waals surface area contributed by atoms with Crippen molar-refractivity contribution in [3.05, 3.63) is 0 Å². The Bertz CT molecular complexity index is 148. The maximum Gasteiger partial charge on any atom is 0.324 e. The summed E-state index contributed by atoms with van der Waals surface area (Å²) in [5, 5.41) is 8.43. The summed E-state index contributed by atoms with van der Waals surface area (Å²) < 4.78 is 0. The van der Waals surface area contributed by atoms with Crippen molar-refractivity contribution in [2.75, 3.05) is 6.54 Å². The number of rotatable bonds is 2. The summed E-state index contributed by atoms with van der Waals surface area (Å²) in [5.41, 5.74) is 9.58. The fourth-order valence-corrected chi connectivity index (χ4v) is 0.904. The van der Waals surface area contributed by atoms with Gasteiger partial charge in [-0.25, -0.2) is 0 Å². The summed E-state index contributed by atoms with van der Waals surface area (Å²) in [6, 6.07) is 0. The van der Waals surface area contributed by atoms with Crippen LogP contribution in [0.1, 0.15) is 6.42 Å². The van der Waals surface area contributed by atoms with Gasteiger partial charge < -0.3 is 16.6 Å². The third kappa shape index (κ3) is 0.799. The van der Waals surface area contributed by atoms with E-state index in [1.54, 1.807) is 0 Å². The number of carbonyl (C=O) groups is 1. The highest BCUT2D eigenvalue weighted by Crippen LogP contribution is 2.39. The fraction of sp³-hybridized carbons (Fsp3) is 0.800. The summed E-state index contributed by atoms with van der Waals surface area (Å²) in [7, 11) is 0. The Morgan fingerprint density at radius 3 is 2.56 bits per heavy atom. The second-order valence-electron chi connectivity index (χ2n) is 2.48. The van der Waals surface area contributed by atoms with Gasteiger partial charge in [0.1, 0.15) is 5.54 Å². The zero-order valence-electron chi connectivity index (χ0n) is 5.00. The lowest BCUT2D eigenvalue weighted by atomic mass is 10.2. The molecule has 0 spiro atoms. The Hall–Kier alpha value is -0.610. The highest BCUT2D eigenvalue weighted by molar-refractivity contribution is 5.82. The van der Waals surface area contributed by atoms with Crippen molar-refractivity contribution in [1.29, 1.82) is 0 Å². The minimum absolute atomic E-state index is 0.00463. The van der Waals surface area contributed by atoms with E-state index in [0.717, 1.165) is 0 Å². The van der Waals surface area contributed by atoms with E-state index in [4.69, 9.17) is 16.6 Å². The van der Waals surface area contributed by atoms with Crippen LogP contribution in [-0.2, 0) is 4.79 Å². The second kappa shape index (κ2) is 1.68. The third-order valence-corrected chi connectivity index (χ3v) is 1.84. The monoisotopic (exact) mass is 130 g/mol. The zero-order chi connectivity index (χ0) is 7.07. The molecule has 0 saturated heterocycles. The summed E-state index contributed by atoms with van der Waals surface area (Å²) >= 11 is 0. The van der Waals surface area contributed by atoms with Crippen LogP contribution in [0.2, 0.25) is 0 Å². The van der Waals surface area contributed by atoms with Gasteiger partial charge in [-0.2, -0.15) is 0 Å². The van der Waals surface area contributed by atoms with Gasteiger partial charge in [-0.15, -0.1) is 0 Å². The molecule has 0 heterocycles. The van der Waals surface area contributed by atoms with E-state index in [1.807, 2.05) is 0 Å². The summed E-state index contributed by atoms with van der Waals surface area (Å²) in [4.78, 5) is 10.3. The normalized spacial score (nSPS) is 40.4. The van der Waals surface area contributed by atoms with Crippen LogP contribution in [0, 0.1) is 5.92 Å². The molecule has 4 heteroatoms. The molecule has 0 aromatic heterocycles. The van der Waals surface area contributed by atoms with Crippen LogP contribution in [0.3, 0.4) is 0 Å². The standard InChI is InChI=1S/C5H10N2O2/c6-2-3-1-5(3,7)4(8)9/h3H,1-2,6-7H2,(H,8,9)/t3-,5-/m0/s1. The average Bonchev–Trinajstić information content (AvgIpc) is 2.44. The van der Waals surface area contributed by atoms with Gasteiger partial charge in [0.15, 0.2) is 0 Å². The lowest BCUT2D eigenvalue weighted by molar-refractivity contribution is -0.140. The Labute approximate surface area is 52.8 Å². The molecule has 5 N–H and O–H groups in total. The molecule has 0 aromatic carbocycles. The Morgan fingerprint density at radius 2 is 2.44 bits per heavy atom. The number of carboxylic acids is 1. The molecular weight excluding hydrogens is 120 g/mol. The predicted molar refractivity (Wildman–Crippen MR) is 31.7 cm³/mol. The van der Waals surface area contributed by atoms with Crippen LogP contribution in [0.15, 0.2) is 0 Å². The first-order chi connectivity index (χ1) is 4.11. The van der Waals surface area contributed by atoms with E-state index < -0.39 is 11.5 Å². The molecule has 1 aliphatic carbocycles. The van der Waals surface area contributed by atoms with Crippen molar-refractivity contribution in [1.82, 2.24) is 0 Å². The average molecular weight is 130 g/mol. The molecule has 0 aromatic rings. The lowest BCUT2D eigenvalue weighted by Crippen LogP contribution is -2.36. The molecule has 0 bridgehead atoms. The summed E-state index contributed by atoms with van der Waals surface area (Å²) in [6.07, 6.45) is 0.527. The van der Waals surface area contributed by atoms with E-state index in [1.165, 1.54) is 0 Å². The highest BCUT2D eigenvalue weighted by Gasteiger charge is 2.56. The van der Waals surface area contributed by atoms with E-state index in [0.29, 0.717) is 13.0 Å². The number of aliphatic carboxylic acids is 1. The van der Waals surface area contributed by atoms with Gasteiger partial charge >= 0.3 is 5.97 Å². The molecular formula is C5H10N2O2. The summed E-state index contributed by atoms with van der Waals surface area (Å²) in [6.45, 7) is 0.378. The van der Waals surface area contributed by atoms with E-state index in [9.17, 15) is 4.79 Å². The van der Waals surface area contributed by atoms with Crippen molar-refractivity contribution < 1.29 is 9.90 Å². The molecule has 0 radical (unpaired) electrons. The SMILES string of the molecule is NC[C@@H]1C[C@@]1(N)C(=O)O. The maximum absolute atomic E-state index is 10.3. The number of nitrogens with two attached hydrogens (primary N) is 2. The first-order valence-corrected chi connectivity index (χ1v) is 2.83. The largest absolute Gasteiger partial charge is 0.480 e. The molecule has 4 nitrogen and oxygen atoms in total. The van der Waals surface area contributed by atoms with Crippen LogP contribution in [-0.4, -0.2) is 23.2 Å². The zero-order valence-corrected chi connectivity index (χ0v) is 5.00. The minimum Gasteiger partial charge on any atom is -0.480 e. The number of hydrogen-bond donors (Lipinski definition) is 3. The van der Waals surface area contributed by atoms with E-state index >= 15 is 0 Å². The van der Waals surface area contributed by atoms with Gasteiger partial charge in [0, 0.05) is 5.92 Å². The Kier molecular flexibility index (Phi) is 1.22. The molecule has 52 valence electrons. The van der Waals surface area contributed by atoms with Crippen molar-refractivity contribution >= 4 is 5.97 Å². The molecule has 0 aliphatic heterocycles. The molecule has 1 saturated carbocycles. The molecule has 1 aliphatic rings. The minimum atomic E-state index is -0.991. The van der Waals surface area contributed by atoms with Crippen LogP contribution >= 0.6 is 0 Å². The van der Waals surface area contributed by atoms with Gasteiger partial charge in [0.2, 0.25) is 0 Å². The first kappa shape index (κ1) is 6.51. The van der Waals surface area contributed by atoms with Crippen molar-refractivity contribution in [2.24, 2.45) is 17.4 Å². The van der Waals surface area contributed by atoms with Crippen LogP contribution in [0.4, 0.5) is 0 Å². The van der Waals surface area contributed by atoms with Crippen molar-refractivity contribution in [3.63, 3.8) is 0 Å². The highest BCUT2D eigenvalue weighted by atomic mass is 16.4. The van der Waals surface area contributed by atoms with Gasteiger partial charge in [0.25, 0.3) is 0 Å². The lowest BCUT2D eigenvalue weighted by Gasteiger charge is -2.01. The Balaban J connectivity index is 2.52. The molecule has 9 heavy (non-hydrogen) atoms. The topological polar surface area (TPSA) is 89.3 Å². The van der Waals surface area contributed by atoms with Gasteiger partial charge in [0.05, 0.1) is 0 Å². The van der Waals surface area contributed by atoms with Gasteiger partial charge in [-0.1, -0.05) is 0 Å². The maximum atomic E-state index is 10.3. The van der Waals surface area contributed by atoms with Crippen LogP contribution in [0.5, 0.6) is 0 Å². The molecule has 0 amide bonds. The molecule has 1 fully saturated rings. The van der Waals surface area contributed by atoms with E-state index in [-0.39, 0.29) is 5.92 Å². The van der Waals surface area contributed by atoms with Crippen molar-refractivity contribution in [2.45, 2.75) is 12.0 Å². The summed E-state index contributed by atoms with van der Waals surface area (Å²) in [5.74, 6) is -0.937. The quantitative estimate of drug-likeness (QED) is 0.435.